The van der Waals surface area contributed by atoms with Gasteiger partial charge in [-0.15, -0.1) is 0 Å². The van der Waals surface area contributed by atoms with Crippen molar-refractivity contribution in [2.75, 3.05) is 6.54 Å². The van der Waals surface area contributed by atoms with E-state index in [1.807, 2.05) is 48.9 Å². The van der Waals surface area contributed by atoms with Gasteiger partial charge in [0.25, 0.3) is 0 Å². The summed E-state index contributed by atoms with van der Waals surface area (Å²) in [4.78, 5) is 26.1. The molecule has 0 aliphatic carbocycles. The molecule has 3 rings (SSSR count). The molecule has 0 spiro atoms. The van der Waals surface area contributed by atoms with Crippen molar-refractivity contribution in [3.8, 4) is 5.69 Å². The Morgan fingerprint density at radius 1 is 1.20 bits per heavy atom. The lowest BCUT2D eigenvalue weighted by molar-refractivity contribution is -0.140. The first kappa shape index (κ1) is 17.2. The second kappa shape index (κ2) is 7.09. The Labute approximate surface area is 147 Å². The van der Waals surface area contributed by atoms with E-state index in [1.165, 1.54) is 0 Å². The summed E-state index contributed by atoms with van der Waals surface area (Å²) < 4.78 is 1.86. The van der Waals surface area contributed by atoms with Gasteiger partial charge in [-0.05, 0) is 45.2 Å². The molecule has 0 unspecified atom stereocenters. The van der Waals surface area contributed by atoms with Crippen LogP contribution in [0.15, 0.2) is 30.3 Å². The zero-order valence-electron chi connectivity index (χ0n) is 14.7. The number of hydrogen-bond donors (Lipinski definition) is 1. The molecule has 1 aromatic carbocycles. The van der Waals surface area contributed by atoms with E-state index >= 15 is 0 Å². The van der Waals surface area contributed by atoms with Crippen molar-refractivity contribution in [1.29, 1.82) is 0 Å². The van der Waals surface area contributed by atoms with Gasteiger partial charge in [0.2, 0.25) is 11.8 Å². The van der Waals surface area contributed by atoms with Gasteiger partial charge in [-0.3, -0.25) is 9.59 Å². The highest BCUT2D eigenvalue weighted by Crippen LogP contribution is 2.22. The van der Waals surface area contributed by atoms with E-state index in [9.17, 15) is 9.59 Å². The number of amides is 2. The minimum atomic E-state index is -0.481. The first-order valence-electron chi connectivity index (χ1n) is 8.68. The minimum absolute atomic E-state index is 0.0534. The third-order valence-corrected chi connectivity index (χ3v) is 4.92. The summed E-state index contributed by atoms with van der Waals surface area (Å²) in [6, 6.07) is 9.37. The number of piperidine rings is 1. The molecule has 1 fully saturated rings. The maximum absolute atomic E-state index is 12.8. The van der Waals surface area contributed by atoms with E-state index < -0.39 is 11.9 Å². The number of likely N-dealkylation sites (tertiary alicyclic amines) is 1. The molecule has 2 N–H and O–H groups in total. The summed E-state index contributed by atoms with van der Waals surface area (Å²) in [6.45, 7) is 4.48. The summed E-state index contributed by atoms with van der Waals surface area (Å²) in [6.07, 6.45) is 2.74. The summed E-state index contributed by atoms with van der Waals surface area (Å²) in [7, 11) is 0. The standard InChI is InChI=1S/C19H24N4O2/c1-13-16(14(2)23(21-13)15-8-4-3-5-9-15)12-18(24)22-11-7-6-10-17(22)19(20)25/h3-5,8-9,17H,6-7,10-12H2,1-2H3,(H2,20,25)/t17-/m0/s1. The van der Waals surface area contributed by atoms with Crippen molar-refractivity contribution in [3.63, 3.8) is 0 Å². The van der Waals surface area contributed by atoms with Gasteiger partial charge in [-0.2, -0.15) is 5.10 Å². The van der Waals surface area contributed by atoms with Crippen molar-refractivity contribution < 1.29 is 9.59 Å². The zero-order chi connectivity index (χ0) is 18.0. The number of nitrogens with zero attached hydrogens (tertiary/aromatic N) is 3. The average molecular weight is 340 g/mol. The number of primary amides is 1. The molecule has 0 bridgehead atoms. The molecular formula is C19H24N4O2. The highest BCUT2D eigenvalue weighted by atomic mass is 16.2. The molecule has 1 saturated heterocycles. The molecule has 2 heterocycles. The number of carbonyl (C=O) groups excluding carboxylic acids is 2. The molecule has 132 valence electrons. The highest BCUT2D eigenvalue weighted by Gasteiger charge is 2.31. The third kappa shape index (κ3) is 3.43. The van der Waals surface area contributed by atoms with E-state index in [1.54, 1.807) is 4.90 Å². The normalized spacial score (nSPS) is 17.5. The first-order valence-corrected chi connectivity index (χ1v) is 8.68. The van der Waals surface area contributed by atoms with Crippen LogP contribution in [0.3, 0.4) is 0 Å². The smallest absolute Gasteiger partial charge is 0.240 e. The molecule has 1 aliphatic heterocycles. The van der Waals surface area contributed by atoms with Gasteiger partial charge in [0.1, 0.15) is 6.04 Å². The maximum Gasteiger partial charge on any atom is 0.240 e. The summed E-state index contributed by atoms with van der Waals surface area (Å²) in [5.74, 6) is -0.469. The van der Waals surface area contributed by atoms with Crippen molar-refractivity contribution in [2.45, 2.75) is 45.6 Å². The lowest BCUT2D eigenvalue weighted by Gasteiger charge is -2.33. The van der Waals surface area contributed by atoms with Crippen LogP contribution >= 0.6 is 0 Å². The van der Waals surface area contributed by atoms with Crippen LogP contribution in [0.5, 0.6) is 0 Å². The molecule has 6 nitrogen and oxygen atoms in total. The topological polar surface area (TPSA) is 81.2 Å². The van der Waals surface area contributed by atoms with Crippen LogP contribution in [-0.4, -0.2) is 39.1 Å². The van der Waals surface area contributed by atoms with E-state index in [2.05, 4.69) is 5.10 Å². The fourth-order valence-corrected chi connectivity index (χ4v) is 3.53. The van der Waals surface area contributed by atoms with Crippen LogP contribution in [0, 0.1) is 13.8 Å². The molecule has 1 aliphatic rings. The fourth-order valence-electron chi connectivity index (χ4n) is 3.53. The van der Waals surface area contributed by atoms with Crippen molar-refractivity contribution in [3.05, 3.63) is 47.3 Å². The maximum atomic E-state index is 12.8. The van der Waals surface area contributed by atoms with Crippen molar-refractivity contribution >= 4 is 11.8 Å². The Hall–Kier alpha value is -2.63. The van der Waals surface area contributed by atoms with E-state index in [0.717, 1.165) is 35.5 Å². The second-order valence-electron chi connectivity index (χ2n) is 6.57. The Kier molecular flexibility index (Phi) is 4.88. The fraction of sp³-hybridized carbons (Fsp3) is 0.421. The van der Waals surface area contributed by atoms with Gasteiger partial charge >= 0.3 is 0 Å². The molecule has 1 atom stereocenters. The molecular weight excluding hydrogens is 316 g/mol. The Morgan fingerprint density at radius 3 is 2.60 bits per heavy atom. The number of benzene rings is 1. The van der Waals surface area contributed by atoms with E-state index in [0.29, 0.717) is 13.0 Å². The number of rotatable bonds is 4. The Bertz CT molecular complexity index is 782. The second-order valence-corrected chi connectivity index (χ2v) is 6.57. The summed E-state index contributed by atoms with van der Waals surface area (Å²) >= 11 is 0. The van der Waals surface area contributed by atoms with Gasteiger partial charge < -0.3 is 10.6 Å². The predicted molar refractivity (Wildman–Crippen MR) is 95.3 cm³/mol. The molecule has 6 heteroatoms. The Morgan fingerprint density at radius 2 is 1.92 bits per heavy atom. The van der Waals surface area contributed by atoms with Gasteiger partial charge in [-0.1, -0.05) is 18.2 Å². The number of aromatic nitrogens is 2. The zero-order valence-corrected chi connectivity index (χ0v) is 14.7. The molecule has 2 amide bonds. The van der Waals surface area contributed by atoms with Gasteiger partial charge in [-0.25, -0.2) is 4.68 Å². The number of para-hydroxylation sites is 1. The molecule has 1 aromatic heterocycles. The predicted octanol–water partition coefficient (Wildman–Crippen LogP) is 1.90. The van der Waals surface area contributed by atoms with Crippen molar-refractivity contribution in [1.82, 2.24) is 14.7 Å². The van der Waals surface area contributed by atoms with E-state index in [4.69, 9.17) is 5.73 Å². The number of aryl methyl sites for hydroxylation is 1. The summed E-state index contributed by atoms with van der Waals surface area (Å²) in [5.41, 5.74) is 9.15. The SMILES string of the molecule is Cc1nn(-c2ccccc2)c(C)c1CC(=O)N1CCCC[C@H]1C(N)=O. The first-order chi connectivity index (χ1) is 12.0. The monoisotopic (exact) mass is 340 g/mol. The van der Waals surface area contributed by atoms with Crippen LogP contribution < -0.4 is 5.73 Å². The number of hydrogen-bond acceptors (Lipinski definition) is 3. The quantitative estimate of drug-likeness (QED) is 0.923. The summed E-state index contributed by atoms with van der Waals surface area (Å²) in [5, 5.41) is 4.59. The van der Waals surface area contributed by atoms with Crippen LogP contribution in [0.4, 0.5) is 0 Å². The van der Waals surface area contributed by atoms with Gasteiger partial charge in [0, 0.05) is 17.8 Å². The Balaban J connectivity index is 1.84. The van der Waals surface area contributed by atoms with E-state index in [-0.39, 0.29) is 12.3 Å². The minimum Gasteiger partial charge on any atom is -0.368 e. The lowest BCUT2D eigenvalue weighted by Crippen LogP contribution is -2.51. The lowest BCUT2D eigenvalue weighted by atomic mass is 10.00. The molecule has 2 aromatic rings. The van der Waals surface area contributed by atoms with Gasteiger partial charge in [0.15, 0.2) is 0 Å². The van der Waals surface area contributed by atoms with Crippen LogP contribution in [0.1, 0.15) is 36.2 Å². The van der Waals surface area contributed by atoms with Crippen LogP contribution in [-0.2, 0) is 16.0 Å². The van der Waals surface area contributed by atoms with Crippen LogP contribution in [0.2, 0.25) is 0 Å². The molecule has 0 radical (unpaired) electrons. The molecule has 25 heavy (non-hydrogen) atoms. The van der Waals surface area contributed by atoms with Crippen LogP contribution in [0.25, 0.3) is 5.69 Å². The number of nitrogens with two attached hydrogens (primary N) is 1. The van der Waals surface area contributed by atoms with Gasteiger partial charge in [0.05, 0.1) is 17.8 Å². The third-order valence-electron chi connectivity index (χ3n) is 4.92. The average Bonchev–Trinajstić information content (AvgIpc) is 2.90. The number of carbonyl (C=O) groups is 2. The highest BCUT2D eigenvalue weighted by molar-refractivity contribution is 5.88. The largest absolute Gasteiger partial charge is 0.368 e. The van der Waals surface area contributed by atoms with Crippen molar-refractivity contribution in [2.24, 2.45) is 5.73 Å². The molecule has 0 saturated carbocycles.